The average molecular weight is 342 g/mol. The fraction of sp³-hybridized carbons (Fsp3) is 0.368. The van der Waals surface area contributed by atoms with Crippen molar-refractivity contribution in [3.63, 3.8) is 0 Å². The molecule has 0 atom stereocenters. The van der Waals surface area contributed by atoms with Crippen LogP contribution in [-0.4, -0.2) is 42.1 Å². The number of halogens is 1. The lowest BCUT2D eigenvalue weighted by Crippen LogP contribution is -2.55. The van der Waals surface area contributed by atoms with E-state index in [-0.39, 0.29) is 11.8 Å². The van der Waals surface area contributed by atoms with Crippen LogP contribution in [0, 0.1) is 5.82 Å². The van der Waals surface area contributed by atoms with E-state index in [1.165, 1.54) is 12.1 Å². The Morgan fingerprint density at radius 3 is 2.36 bits per heavy atom. The van der Waals surface area contributed by atoms with Gasteiger partial charge in [0.25, 0.3) is 0 Å². The summed E-state index contributed by atoms with van der Waals surface area (Å²) in [7, 11) is 0. The van der Waals surface area contributed by atoms with Crippen LogP contribution in [0.3, 0.4) is 0 Å². The Morgan fingerprint density at radius 1 is 1.08 bits per heavy atom. The molecule has 0 spiro atoms. The summed E-state index contributed by atoms with van der Waals surface area (Å²) in [6.45, 7) is 6.62. The maximum absolute atomic E-state index is 13.1. The Kier molecular flexibility index (Phi) is 4.88. The van der Waals surface area contributed by atoms with Crippen LogP contribution in [0.1, 0.15) is 19.4 Å². The zero-order valence-corrected chi connectivity index (χ0v) is 14.6. The third kappa shape index (κ3) is 4.07. The number of nitrogens with zero attached hydrogens (tertiary/aromatic N) is 3. The SMILES string of the molecule is CC(C)(NC(=O)N1CCN(c2ccccn2)CC1)c1ccc(F)cc1. The number of carbonyl (C=O) groups excluding carboxylic acids is 1. The first-order valence-electron chi connectivity index (χ1n) is 8.45. The highest BCUT2D eigenvalue weighted by molar-refractivity contribution is 5.75. The third-order valence-electron chi connectivity index (χ3n) is 4.53. The molecule has 6 heteroatoms. The topological polar surface area (TPSA) is 48.5 Å². The van der Waals surface area contributed by atoms with E-state index in [1.54, 1.807) is 18.3 Å². The van der Waals surface area contributed by atoms with Crippen molar-refractivity contribution in [2.45, 2.75) is 19.4 Å². The van der Waals surface area contributed by atoms with Crippen molar-refractivity contribution in [3.05, 3.63) is 60.0 Å². The normalized spacial score (nSPS) is 15.2. The molecule has 132 valence electrons. The molecule has 1 aromatic carbocycles. The molecule has 3 rings (SSSR count). The van der Waals surface area contributed by atoms with E-state index in [9.17, 15) is 9.18 Å². The fourth-order valence-electron chi connectivity index (χ4n) is 2.96. The molecular weight excluding hydrogens is 319 g/mol. The number of nitrogens with one attached hydrogen (secondary N) is 1. The third-order valence-corrected chi connectivity index (χ3v) is 4.53. The Hall–Kier alpha value is -2.63. The summed E-state index contributed by atoms with van der Waals surface area (Å²) in [5.74, 6) is 0.658. The van der Waals surface area contributed by atoms with E-state index in [2.05, 4.69) is 15.2 Å². The molecule has 1 fully saturated rings. The second-order valence-corrected chi connectivity index (χ2v) is 6.72. The maximum atomic E-state index is 13.1. The van der Waals surface area contributed by atoms with Gasteiger partial charge < -0.3 is 15.1 Å². The van der Waals surface area contributed by atoms with Gasteiger partial charge in [-0.1, -0.05) is 18.2 Å². The summed E-state index contributed by atoms with van der Waals surface area (Å²) >= 11 is 0. The number of rotatable bonds is 3. The van der Waals surface area contributed by atoms with Gasteiger partial charge in [0.1, 0.15) is 11.6 Å². The van der Waals surface area contributed by atoms with Crippen LogP contribution in [0.15, 0.2) is 48.7 Å². The van der Waals surface area contributed by atoms with Crippen LogP contribution in [0.5, 0.6) is 0 Å². The summed E-state index contributed by atoms with van der Waals surface area (Å²) in [5, 5.41) is 3.05. The lowest BCUT2D eigenvalue weighted by Gasteiger charge is -2.37. The number of urea groups is 1. The smallest absolute Gasteiger partial charge is 0.318 e. The highest BCUT2D eigenvalue weighted by Gasteiger charge is 2.28. The van der Waals surface area contributed by atoms with Crippen molar-refractivity contribution in [3.8, 4) is 0 Å². The minimum atomic E-state index is -0.567. The zero-order chi connectivity index (χ0) is 17.9. The number of benzene rings is 1. The van der Waals surface area contributed by atoms with Crippen LogP contribution in [0.4, 0.5) is 15.0 Å². The number of anilines is 1. The van der Waals surface area contributed by atoms with Crippen LogP contribution < -0.4 is 10.2 Å². The van der Waals surface area contributed by atoms with Crippen LogP contribution in [-0.2, 0) is 5.54 Å². The standard InChI is InChI=1S/C19H23FN4O/c1-19(2,15-6-8-16(20)9-7-15)22-18(25)24-13-11-23(12-14-24)17-5-3-4-10-21-17/h3-10H,11-14H2,1-2H3,(H,22,25). The van der Waals surface area contributed by atoms with Crippen LogP contribution in [0.2, 0.25) is 0 Å². The monoisotopic (exact) mass is 342 g/mol. The fourth-order valence-corrected chi connectivity index (χ4v) is 2.96. The van der Waals surface area contributed by atoms with Crippen molar-refractivity contribution < 1.29 is 9.18 Å². The van der Waals surface area contributed by atoms with Gasteiger partial charge in [-0.25, -0.2) is 14.2 Å². The van der Waals surface area contributed by atoms with Crippen LogP contribution >= 0.6 is 0 Å². The molecule has 1 aliphatic rings. The number of carbonyl (C=O) groups is 1. The highest BCUT2D eigenvalue weighted by Crippen LogP contribution is 2.21. The molecule has 2 heterocycles. The summed E-state index contributed by atoms with van der Waals surface area (Å²) in [6.07, 6.45) is 1.78. The number of hydrogen-bond acceptors (Lipinski definition) is 3. The average Bonchev–Trinajstić information content (AvgIpc) is 2.62. The first-order valence-corrected chi connectivity index (χ1v) is 8.45. The lowest BCUT2D eigenvalue weighted by atomic mass is 9.94. The summed E-state index contributed by atoms with van der Waals surface area (Å²) in [4.78, 5) is 20.9. The molecule has 0 aliphatic carbocycles. The zero-order valence-electron chi connectivity index (χ0n) is 14.6. The van der Waals surface area contributed by atoms with E-state index in [0.717, 1.165) is 24.5 Å². The van der Waals surface area contributed by atoms with Crippen LogP contribution in [0.25, 0.3) is 0 Å². The molecule has 1 aliphatic heterocycles. The number of hydrogen-bond donors (Lipinski definition) is 1. The largest absolute Gasteiger partial charge is 0.353 e. The minimum absolute atomic E-state index is 0.102. The second-order valence-electron chi connectivity index (χ2n) is 6.72. The molecule has 2 amide bonds. The number of aromatic nitrogens is 1. The first-order chi connectivity index (χ1) is 12.0. The van der Waals surface area contributed by atoms with Gasteiger partial charge in [-0.3, -0.25) is 0 Å². The van der Waals surface area contributed by atoms with Gasteiger partial charge in [-0.2, -0.15) is 0 Å². The molecule has 5 nitrogen and oxygen atoms in total. The van der Waals surface area contributed by atoms with Crippen molar-refractivity contribution in [2.24, 2.45) is 0 Å². The Bertz CT molecular complexity index is 710. The molecule has 2 aromatic rings. The molecule has 1 saturated heterocycles. The lowest BCUT2D eigenvalue weighted by molar-refractivity contribution is 0.183. The van der Waals surface area contributed by atoms with Gasteiger partial charge in [0.15, 0.2) is 0 Å². The Labute approximate surface area is 147 Å². The molecule has 1 aromatic heterocycles. The van der Waals surface area contributed by atoms with Gasteiger partial charge in [0, 0.05) is 32.4 Å². The quantitative estimate of drug-likeness (QED) is 0.933. The summed E-state index contributed by atoms with van der Waals surface area (Å²) < 4.78 is 13.1. The van der Waals surface area contributed by atoms with Gasteiger partial charge >= 0.3 is 6.03 Å². The van der Waals surface area contributed by atoms with E-state index in [1.807, 2.05) is 36.9 Å². The van der Waals surface area contributed by atoms with Gasteiger partial charge in [-0.15, -0.1) is 0 Å². The maximum Gasteiger partial charge on any atom is 0.318 e. The van der Waals surface area contributed by atoms with Gasteiger partial charge in [0.05, 0.1) is 5.54 Å². The molecule has 0 saturated carbocycles. The predicted octanol–water partition coefficient (Wildman–Crippen LogP) is 2.99. The molecule has 0 unspecified atom stereocenters. The van der Waals surface area contributed by atoms with E-state index in [4.69, 9.17) is 0 Å². The van der Waals surface area contributed by atoms with E-state index < -0.39 is 5.54 Å². The van der Waals surface area contributed by atoms with Gasteiger partial charge in [-0.05, 0) is 43.7 Å². The molecule has 0 radical (unpaired) electrons. The Morgan fingerprint density at radius 2 is 1.76 bits per heavy atom. The predicted molar refractivity (Wildman–Crippen MR) is 96.0 cm³/mol. The Balaban J connectivity index is 1.58. The highest BCUT2D eigenvalue weighted by atomic mass is 19.1. The van der Waals surface area contributed by atoms with Crippen molar-refractivity contribution >= 4 is 11.8 Å². The second kappa shape index (κ2) is 7.09. The van der Waals surface area contributed by atoms with Crippen molar-refractivity contribution in [1.29, 1.82) is 0 Å². The van der Waals surface area contributed by atoms with Gasteiger partial charge in [0.2, 0.25) is 0 Å². The number of piperazine rings is 1. The molecule has 25 heavy (non-hydrogen) atoms. The molecular formula is C19H23FN4O. The van der Waals surface area contributed by atoms with Crippen molar-refractivity contribution in [2.75, 3.05) is 31.1 Å². The molecule has 0 bridgehead atoms. The first kappa shape index (κ1) is 17.2. The number of pyridine rings is 1. The van der Waals surface area contributed by atoms with E-state index in [0.29, 0.717) is 13.1 Å². The van der Waals surface area contributed by atoms with E-state index >= 15 is 0 Å². The minimum Gasteiger partial charge on any atom is -0.353 e. The molecule has 1 N–H and O–H groups in total. The summed E-state index contributed by atoms with van der Waals surface area (Å²) in [6, 6.07) is 12.0. The summed E-state index contributed by atoms with van der Waals surface area (Å²) in [5.41, 5.74) is 0.303. The number of amides is 2. The van der Waals surface area contributed by atoms with Crippen molar-refractivity contribution in [1.82, 2.24) is 15.2 Å².